The zero-order valence-electron chi connectivity index (χ0n) is 25.3. The SMILES string of the molecule is Cc1cc2ncc(-c3sc(=O)sc3C(O)CCCCCC(O)c3sc(=O)sc3-c3cnc4cc(C)c(C)cc4n3)nc2cc1C. The van der Waals surface area contributed by atoms with E-state index in [1.165, 1.54) is 0 Å². The summed E-state index contributed by atoms with van der Waals surface area (Å²) in [5.41, 5.74) is 8.83. The molecule has 0 fully saturated rings. The van der Waals surface area contributed by atoms with Crippen LogP contribution in [0.25, 0.3) is 43.2 Å². The molecule has 2 N–H and O–H groups in total. The maximum atomic E-state index is 12.4. The van der Waals surface area contributed by atoms with Crippen LogP contribution in [0, 0.1) is 27.7 Å². The van der Waals surface area contributed by atoms with Crippen molar-refractivity contribution in [3.63, 3.8) is 0 Å². The first-order valence-corrected chi connectivity index (χ1v) is 18.0. The minimum atomic E-state index is -0.793. The lowest BCUT2D eigenvalue weighted by molar-refractivity contribution is 0.158. The molecule has 0 spiro atoms. The van der Waals surface area contributed by atoms with E-state index in [9.17, 15) is 19.8 Å². The Labute approximate surface area is 275 Å². The highest BCUT2D eigenvalue weighted by molar-refractivity contribution is 7.30. The summed E-state index contributed by atoms with van der Waals surface area (Å²) in [6.45, 7) is 8.13. The largest absolute Gasteiger partial charge is 0.388 e. The van der Waals surface area contributed by atoms with Gasteiger partial charge < -0.3 is 10.2 Å². The van der Waals surface area contributed by atoms with E-state index in [2.05, 4.69) is 9.97 Å². The third-order valence-corrected chi connectivity index (χ3v) is 12.6. The number of hydrogen-bond acceptors (Lipinski definition) is 12. The molecule has 0 saturated heterocycles. The topological polar surface area (TPSA) is 126 Å². The molecule has 232 valence electrons. The molecule has 8 nitrogen and oxygen atoms in total. The standard InChI is InChI=1S/C33H32N4O4S4/c1-16-10-20-22(12-18(16)3)36-24(14-34-20)28-30(44-32(40)42-28)26(38)8-6-5-7-9-27(39)31-29(43-33(41)45-31)25-15-35-21-11-17(2)19(4)13-23(21)37-25/h10-15,26-27,38-39H,5-9H2,1-4H3. The molecule has 0 aliphatic heterocycles. The van der Waals surface area contributed by atoms with Gasteiger partial charge in [-0.1, -0.05) is 64.6 Å². The van der Waals surface area contributed by atoms with Crippen LogP contribution in [-0.4, -0.2) is 30.1 Å². The van der Waals surface area contributed by atoms with Crippen molar-refractivity contribution in [3.8, 4) is 21.1 Å². The Kier molecular flexibility index (Phi) is 9.32. The summed E-state index contributed by atoms with van der Waals surface area (Å²) in [7, 11) is 0. The molecule has 6 rings (SSSR count). The molecule has 0 aliphatic carbocycles. The van der Waals surface area contributed by atoms with Crippen molar-refractivity contribution in [2.75, 3.05) is 0 Å². The van der Waals surface area contributed by atoms with Crippen LogP contribution in [0.3, 0.4) is 0 Å². The van der Waals surface area contributed by atoms with Crippen molar-refractivity contribution < 1.29 is 10.2 Å². The number of benzene rings is 2. The van der Waals surface area contributed by atoms with E-state index < -0.39 is 12.2 Å². The summed E-state index contributed by atoms with van der Waals surface area (Å²) in [6.07, 6.45) is 4.93. The van der Waals surface area contributed by atoms with Crippen LogP contribution in [-0.2, 0) is 0 Å². The minimum Gasteiger partial charge on any atom is -0.388 e. The van der Waals surface area contributed by atoms with E-state index in [-0.39, 0.29) is 8.11 Å². The summed E-state index contributed by atoms with van der Waals surface area (Å²) in [6, 6.07) is 8.00. The highest BCUT2D eigenvalue weighted by Crippen LogP contribution is 2.37. The highest BCUT2D eigenvalue weighted by Gasteiger charge is 2.22. The van der Waals surface area contributed by atoms with Gasteiger partial charge in [0, 0.05) is 0 Å². The van der Waals surface area contributed by atoms with Crippen molar-refractivity contribution in [2.24, 2.45) is 0 Å². The second-order valence-corrected chi connectivity index (χ2v) is 15.8. The number of hydrogen-bond donors (Lipinski definition) is 2. The Balaban J connectivity index is 1.08. The molecule has 0 saturated carbocycles. The molecule has 2 unspecified atom stereocenters. The summed E-state index contributed by atoms with van der Waals surface area (Å²) in [4.78, 5) is 46.0. The van der Waals surface area contributed by atoms with Gasteiger partial charge in [0.1, 0.15) is 11.4 Å². The first-order chi connectivity index (χ1) is 21.6. The van der Waals surface area contributed by atoms with Gasteiger partial charge in [-0.2, -0.15) is 0 Å². The number of aryl methyl sites for hydroxylation is 4. The first-order valence-electron chi connectivity index (χ1n) is 14.7. The molecule has 4 aromatic heterocycles. The fourth-order valence-electron chi connectivity index (χ4n) is 5.25. The normalized spacial score (nSPS) is 13.1. The number of aliphatic hydroxyl groups is 2. The molecule has 0 bridgehead atoms. The molecule has 6 aromatic rings. The third kappa shape index (κ3) is 6.81. The van der Waals surface area contributed by atoms with E-state index >= 15 is 0 Å². The van der Waals surface area contributed by atoms with Crippen molar-refractivity contribution in [3.05, 3.63) is 86.4 Å². The number of rotatable bonds is 10. The van der Waals surface area contributed by atoms with Crippen molar-refractivity contribution in [1.29, 1.82) is 0 Å². The lowest BCUT2D eigenvalue weighted by atomic mass is 10.0. The Morgan fingerprint density at radius 1 is 0.578 bits per heavy atom. The summed E-state index contributed by atoms with van der Waals surface area (Å²) >= 11 is 4.32. The summed E-state index contributed by atoms with van der Waals surface area (Å²) in [5.74, 6) is 0. The van der Waals surface area contributed by atoms with Crippen molar-refractivity contribution in [1.82, 2.24) is 19.9 Å². The Hall–Kier alpha value is -3.26. The Bertz CT molecular complexity index is 2000. The fraction of sp³-hybridized carbons (Fsp3) is 0.333. The van der Waals surface area contributed by atoms with Crippen LogP contribution in [0.1, 0.15) is 76.3 Å². The zero-order chi connectivity index (χ0) is 31.8. The molecule has 0 aliphatic rings. The van der Waals surface area contributed by atoms with Gasteiger partial charge >= 0.3 is 0 Å². The molecule has 45 heavy (non-hydrogen) atoms. The minimum absolute atomic E-state index is 0.0870. The molecule has 0 amide bonds. The van der Waals surface area contributed by atoms with Gasteiger partial charge in [0.05, 0.1) is 66.2 Å². The first kappa shape index (κ1) is 31.7. The van der Waals surface area contributed by atoms with Crippen LogP contribution in [0.15, 0.2) is 46.2 Å². The molecular formula is C33H32N4O4S4. The third-order valence-electron chi connectivity index (χ3n) is 8.05. The van der Waals surface area contributed by atoms with Crippen molar-refractivity contribution in [2.45, 2.75) is 72.0 Å². The van der Waals surface area contributed by atoms with E-state index in [1.807, 2.05) is 52.0 Å². The molecule has 2 atom stereocenters. The maximum absolute atomic E-state index is 12.4. The summed E-state index contributed by atoms with van der Waals surface area (Å²) in [5, 5.41) is 22.1. The van der Waals surface area contributed by atoms with Gasteiger partial charge in [-0.3, -0.25) is 19.6 Å². The predicted octanol–water partition coefficient (Wildman–Crippen LogP) is 7.82. The quantitative estimate of drug-likeness (QED) is 0.141. The van der Waals surface area contributed by atoms with Crippen LogP contribution < -0.4 is 8.11 Å². The average molecular weight is 677 g/mol. The molecule has 12 heteroatoms. The maximum Gasteiger partial charge on any atom is 0.288 e. The van der Waals surface area contributed by atoms with Crippen LogP contribution in [0.2, 0.25) is 0 Å². The van der Waals surface area contributed by atoms with E-state index in [4.69, 9.17) is 9.97 Å². The van der Waals surface area contributed by atoms with Crippen LogP contribution in [0.5, 0.6) is 0 Å². The molecule has 2 aromatic carbocycles. The van der Waals surface area contributed by atoms with Gasteiger partial charge in [0.15, 0.2) is 0 Å². The zero-order valence-corrected chi connectivity index (χ0v) is 28.6. The van der Waals surface area contributed by atoms with Gasteiger partial charge in [-0.15, -0.1) is 0 Å². The molecule has 0 radical (unpaired) electrons. The molecular weight excluding hydrogens is 645 g/mol. The monoisotopic (exact) mass is 676 g/mol. The lowest BCUT2D eigenvalue weighted by Crippen LogP contribution is -2.00. The lowest BCUT2D eigenvalue weighted by Gasteiger charge is -2.13. The smallest absolute Gasteiger partial charge is 0.288 e. The van der Waals surface area contributed by atoms with Gasteiger partial charge in [0.2, 0.25) is 0 Å². The van der Waals surface area contributed by atoms with Gasteiger partial charge in [-0.05, 0) is 87.1 Å². The number of nitrogens with zero attached hydrogens (tertiary/aromatic N) is 4. The predicted molar refractivity (Wildman–Crippen MR) is 186 cm³/mol. The van der Waals surface area contributed by atoms with Crippen LogP contribution in [0.4, 0.5) is 0 Å². The number of fused-ring (bicyclic) bond motifs is 2. The molecule has 4 heterocycles. The number of aromatic nitrogens is 4. The second kappa shape index (κ2) is 13.2. The highest BCUT2D eigenvalue weighted by atomic mass is 32.2. The Morgan fingerprint density at radius 3 is 1.36 bits per heavy atom. The van der Waals surface area contributed by atoms with E-state index in [1.54, 1.807) is 12.4 Å². The van der Waals surface area contributed by atoms with E-state index in [0.29, 0.717) is 56.6 Å². The summed E-state index contributed by atoms with van der Waals surface area (Å²) < 4.78 is -0.174. The van der Waals surface area contributed by atoms with E-state index in [0.717, 1.165) is 96.1 Å². The van der Waals surface area contributed by atoms with Gasteiger partial charge in [-0.25, -0.2) is 9.97 Å². The number of aliphatic hydroxyl groups excluding tert-OH is 2. The Morgan fingerprint density at radius 2 is 0.956 bits per heavy atom. The second-order valence-electron chi connectivity index (χ2n) is 11.3. The average Bonchev–Trinajstić information content (AvgIpc) is 3.60. The number of unbranched alkanes of at least 4 members (excludes halogenated alkanes) is 2. The van der Waals surface area contributed by atoms with Crippen LogP contribution >= 0.6 is 45.3 Å². The van der Waals surface area contributed by atoms with Crippen molar-refractivity contribution >= 4 is 67.4 Å². The van der Waals surface area contributed by atoms with Gasteiger partial charge in [0.25, 0.3) is 8.11 Å². The fourth-order valence-corrected chi connectivity index (χ4v) is 9.59.